The Morgan fingerprint density at radius 1 is 0.857 bits per heavy atom. The fourth-order valence-corrected chi connectivity index (χ4v) is 0.870. The van der Waals surface area contributed by atoms with E-state index in [-0.39, 0.29) is 0 Å². The molecule has 0 saturated heterocycles. The van der Waals surface area contributed by atoms with Crippen LogP contribution >= 0.6 is 0 Å². The Kier molecular flexibility index (Phi) is 13.2. The minimum Gasteiger partial charge on any atom is -0.0871 e. The quantitative estimate of drug-likeness (QED) is 0.582. The molecule has 0 saturated carbocycles. The highest BCUT2D eigenvalue weighted by Crippen LogP contribution is 2.04. The second-order valence-electron chi connectivity index (χ2n) is 2.41. The largest absolute Gasteiger partial charge is 0.0871 e. The van der Waals surface area contributed by atoms with Crippen molar-refractivity contribution >= 4 is 6.08 Å². The molecule has 0 atom stereocenters. The molecule has 1 aromatic rings. The van der Waals surface area contributed by atoms with Crippen molar-refractivity contribution in [3.63, 3.8) is 0 Å². The second kappa shape index (κ2) is 12.0. The van der Waals surface area contributed by atoms with E-state index in [4.69, 9.17) is 0 Å². The van der Waals surface area contributed by atoms with Gasteiger partial charge in [0.15, 0.2) is 0 Å². The topological polar surface area (TPSA) is 0 Å². The maximum atomic E-state index is 2.12. The Labute approximate surface area is 89.7 Å². The number of hydrogen-bond acceptors (Lipinski definition) is 0. The molecule has 0 aromatic heterocycles. The van der Waals surface area contributed by atoms with Crippen LogP contribution in [0.2, 0.25) is 0 Å². The third-order valence-electron chi connectivity index (χ3n) is 1.44. The molecule has 0 amide bonds. The average Bonchev–Trinajstić information content (AvgIpc) is 2.28. The van der Waals surface area contributed by atoms with Gasteiger partial charge in [-0.3, -0.25) is 0 Å². The Bertz CT molecular complexity index is 216. The molecule has 0 N–H and O–H groups in total. The fraction of sp³-hybridized carbons (Fsp3) is 0.429. The molecule has 0 aliphatic carbocycles. The summed E-state index contributed by atoms with van der Waals surface area (Å²) in [4.78, 5) is 0. The van der Waals surface area contributed by atoms with E-state index in [1.807, 2.05) is 40.7 Å². The number of benzene rings is 1. The highest BCUT2D eigenvalue weighted by atomic mass is 13.9. The number of aryl methyl sites for hydroxylation is 1. The van der Waals surface area contributed by atoms with Gasteiger partial charge in [-0.05, 0) is 19.4 Å². The standard InChI is InChI=1S/C10H12.2C2H6/c1-3-4-10-7-5-9(2)6-8-10;2*1-2/h3-8H,1-2H3;2*1-2H3/b4-3+;;. The summed E-state index contributed by atoms with van der Waals surface area (Å²) in [5, 5.41) is 0. The van der Waals surface area contributed by atoms with Crippen LogP contribution in [0.25, 0.3) is 6.08 Å². The third-order valence-corrected chi connectivity index (χ3v) is 1.44. The van der Waals surface area contributed by atoms with E-state index in [2.05, 4.69) is 37.3 Å². The van der Waals surface area contributed by atoms with Crippen molar-refractivity contribution in [2.24, 2.45) is 0 Å². The summed E-state index contributed by atoms with van der Waals surface area (Å²) in [6, 6.07) is 8.48. The summed E-state index contributed by atoms with van der Waals surface area (Å²) >= 11 is 0. The van der Waals surface area contributed by atoms with Gasteiger partial charge in [-0.15, -0.1) is 0 Å². The summed E-state index contributed by atoms with van der Waals surface area (Å²) in [5.74, 6) is 0. The molecular formula is C14H24. The number of hydrogen-bond donors (Lipinski definition) is 0. The van der Waals surface area contributed by atoms with Crippen LogP contribution in [0.15, 0.2) is 30.3 Å². The van der Waals surface area contributed by atoms with E-state index in [0.29, 0.717) is 0 Å². The molecule has 0 radical (unpaired) electrons. The first-order chi connectivity index (χ1) is 6.83. The average molecular weight is 192 g/mol. The molecule has 0 aliphatic rings. The highest BCUT2D eigenvalue weighted by Gasteiger charge is 1.83. The maximum Gasteiger partial charge on any atom is -0.0260 e. The minimum absolute atomic E-state index is 1.27. The lowest BCUT2D eigenvalue weighted by molar-refractivity contribution is 1.46. The zero-order valence-corrected chi connectivity index (χ0v) is 10.5. The molecule has 0 fully saturated rings. The van der Waals surface area contributed by atoms with Crippen molar-refractivity contribution in [1.29, 1.82) is 0 Å². The summed E-state index contributed by atoms with van der Waals surface area (Å²) in [5.41, 5.74) is 2.58. The second-order valence-corrected chi connectivity index (χ2v) is 2.41. The summed E-state index contributed by atoms with van der Waals surface area (Å²) in [6.07, 6.45) is 4.14. The summed E-state index contributed by atoms with van der Waals surface area (Å²) < 4.78 is 0. The van der Waals surface area contributed by atoms with Crippen LogP contribution in [0.3, 0.4) is 0 Å². The fourth-order valence-electron chi connectivity index (χ4n) is 0.870. The van der Waals surface area contributed by atoms with Crippen molar-refractivity contribution in [2.45, 2.75) is 41.5 Å². The van der Waals surface area contributed by atoms with E-state index < -0.39 is 0 Å². The van der Waals surface area contributed by atoms with Gasteiger partial charge in [0.05, 0.1) is 0 Å². The van der Waals surface area contributed by atoms with Gasteiger partial charge in [0.25, 0.3) is 0 Å². The van der Waals surface area contributed by atoms with Gasteiger partial charge in [0.1, 0.15) is 0 Å². The first-order valence-electron chi connectivity index (χ1n) is 5.52. The molecule has 0 nitrogen and oxygen atoms in total. The minimum atomic E-state index is 1.27. The molecule has 0 spiro atoms. The van der Waals surface area contributed by atoms with Gasteiger partial charge in [0.2, 0.25) is 0 Å². The molecule has 0 bridgehead atoms. The molecule has 1 aromatic carbocycles. The molecule has 1 rings (SSSR count). The lowest BCUT2D eigenvalue weighted by atomic mass is 10.1. The zero-order valence-electron chi connectivity index (χ0n) is 10.5. The van der Waals surface area contributed by atoms with Crippen molar-refractivity contribution in [3.8, 4) is 0 Å². The van der Waals surface area contributed by atoms with Crippen LogP contribution in [0.4, 0.5) is 0 Å². The van der Waals surface area contributed by atoms with E-state index in [0.717, 1.165) is 0 Å². The smallest absolute Gasteiger partial charge is 0.0260 e. The van der Waals surface area contributed by atoms with Crippen molar-refractivity contribution in [3.05, 3.63) is 41.5 Å². The van der Waals surface area contributed by atoms with Crippen LogP contribution in [-0.2, 0) is 0 Å². The van der Waals surface area contributed by atoms with E-state index in [9.17, 15) is 0 Å². The Balaban J connectivity index is 0. The van der Waals surface area contributed by atoms with Crippen LogP contribution < -0.4 is 0 Å². The Morgan fingerprint density at radius 3 is 1.64 bits per heavy atom. The third kappa shape index (κ3) is 7.60. The Morgan fingerprint density at radius 2 is 1.29 bits per heavy atom. The van der Waals surface area contributed by atoms with Gasteiger partial charge in [-0.1, -0.05) is 69.7 Å². The molecule has 0 unspecified atom stereocenters. The van der Waals surface area contributed by atoms with Crippen molar-refractivity contribution in [1.82, 2.24) is 0 Å². The van der Waals surface area contributed by atoms with E-state index in [1.54, 1.807) is 0 Å². The van der Waals surface area contributed by atoms with Gasteiger partial charge >= 0.3 is 0 Å². The maximum absolute atomic E-state index is 2.12. The Hall–Kier alpha value is -1.04. The molecule has 0 heteroatoms. The normalized spacial score (nSPS) is 8.43. The van der Waals surface area contributed by atoms with Gasteiger partial charge < -0.3 is 0 Å². The molecular weight excluding hydrogens is 168 g/mol. The van der Waals surface area contributed by atoms with Gasteiger partial charge in [0, 0.05) is 0 Å². The number of rotatable bonds is 1. The van der Waals surface area contributed by atoms with Crippen LogP contribution in [0, 0.1) is 6.92 Å². The predicted octanol–water partition coefficient (Wildman–Crippen LogP) is 5.08. The molecule has 80 valence electrons. The molecule has 0 heterocycles. The SMILES string of the molecule is C/C=C/c1ccc(C)cc1.CC.CC. The zero-order chi connectivity index (χ0) is 11.4. The van der Waals surface area contributed by atoms with Gasteiger partial charge in [-0.2, -0.15) is 0 Å². The van der Waals surface area contributed by atoms with Gasteiger partial charge in [-0.25, -0.2) is 0 Å². The van der Waals surface area contributed by atoms with Crippen molar-refractivity contribution in [2.75, 3.05) is 0 Å². The summed E-state index contributed by atoms with van der Waals surface area (Å²) in [7, 11) is 0. The first-order valence-corrected chi connectivity index (χ1v) is 5.52. The van der Waals surface area contributed by atoms with Crippen LogP contribution in [0.1, 0.15) is 45.7 Å². The molecule has 14 heavy (non-hydrogen) atoms. The van der Waals surface area contributed by atoms with E-state index >= 15 is 0 Å². The number of allylic oxidation sites excluding steroid dienone is 1. The lowest BCUT2D eigenvalue weighted by Crippen LogP contribution is -1.71. The van der Waals surface area contributed by atoms with E-state index in [1.165, 1.54) is 11.1 Å². The highest BCUT2D eigenvalue weighted by molar-refractivity contribution is 5.48. The van der Waals surface area contributed by atoms with Crippen LogP contribution in [-0.4, -0.2) is 0 Å². The lowest BCUT2D eigenvalue weighted by Gasteiger charge is -1.92. The van der Waals surface area contributed by atoms with Crippen LogP contribution in [0.5, 0.6) is 0 Å². The monoisotopic (exact) mass is 192 g/mol. The predicted molar refractivity (Wildman–Crippen MR) is 68.6 cm³/mol. The summed E-state index contributed by atoms with van der Waals surface area (Å²) in [6.45, 7) is 12.1. The van der Waals surface area contributed by atoms with Crippen molar-refractivity contribution < 1.29 is 0 Å². The first kappa shape index (κ1) is 15.4. The molecule has 0 aliphatic heterocycles.